The van der Waals surface area contributed by atoms with Gasteiger partial charge in [0.1, 0.15) is 13.2 Å². The molecule has 8 nitrogen and oxygen atoms in total. The Balaban J connectivity index is 4.11. The normalized spacial score (nSPS) is 15.3. The highest BCUT2D eigenvalue weighted by Crippen LogP contribution is 2.43. The number of quaternary nitrogens is 1. The van der Waals surface area contributed by atoms with Crippen molar-refractivity contribution in [2.45, 2.75) is 174 Å². The number of carbonyl (C=O) groups excluding carboxylic acids is 1. The van der Waals surface area contributed by atoms with Crippen LogP contribution in [-0.4, -0.2) is 73.4 Å². The van der Waals surface area contributed by atoms with Gasteiger partial charge in [0.15, 0.2) is 0 Å². The molecule has 0 bridgehead atoms. The number of aliphatic hydroxyl groups is 1. The van der Waals surface area contributed by atoms with Gasteiger partial charge in [0.05, 0.1) is 39.9 Å². The number of phosphoric ester groups is 1. The lowest BCUT2D eigenvalue weighted by molar-refractivity contribution is -0.870. The Morgan fingerprint density at radius 2 is 0.896 bits per heavy atom. The van der Waals surface area contributed by atoms with Crippen molar-refractivity contribution in [3.63, 3.8) is 0 Å². The summed E-state index contributed by atoms with van der Waals surface area (Å²) in [4.78, 5) is 23.0. The fraction of sp³-hybridized carbons (Fsp3) is 0.569. The molecule has 3 N–H and O–H groups in total. The van der Waals surface area contributed by atoms with Gasteiger partial charge in [0.2, 0.25) is 5.91 Å². The number of rotatable bonds is 44. The Labute approximate surface area is 410 Å². The number of phosphoric acid groups is 1. The molecule has 0 aliphatic carbocycles. The molecular formula is C58H96N2O6P+. The number of nitrogens with one attached hydrogen (secondary N) is 1. The molecule has 0 aromatic carbocycles. The van der Waals surface area contributed by atoms with Crippen LogP contribution in [-0.2, 0) is 18.4 Å². The second kappa shape index (κ2) is 47.4. The maximum Gasteiger partial charge on any atom is 0.472 e. The number of unbranched alkanes of at least 4 members (excludes halogenated alkanes) is 7. The number of carbonyl (C=O) groups is 1. The maximum atomic E-state index is 12.8. The highest BCUT2D eigenvalue weighted by molar-refractivity contribution is 7.47. The molecule has 3 atom stereocenters. The van der Waals surface area contributed by atoms with E-state index >= 15 is 0 Å². The van der Waals surface area contributed by atoms with Crippen molar-refractivity contribution in [2.75, 3.05) is 40.9 Å². The van der Waals surface area contributed by atoms with Crippen LogP contribution in [0.25, 0.3) is 0 Å². The molecule has 67 heavy (non-hydrogen) atoms. The monoisotopic (exact) mass is 948 g/mol. The van der Waals surface area contributed by atoms with Gasteiger partial charge in [-0.15, -0.1) is 0 Å². The van der Waals surface area contributed by atoms with Gasteiger partial charge in [-0.25, -0.2) is 4.57 Å². The first-order chi connectivity index (χ1) is 32.5. The number of aliphatic hydroxyl groups excluding tert-OH is 1. The Morgan fingerprint density at radius 3 is 1.28 bits per heavy atom. The number of hydrogen-bond acceptors (Lipinski definition) is 5. The van der Waals surface area contributed by atoms with Crippen LogP contribution in [0.5, 0.6) is 0 Å². The molecule has 0 heterocycles. The van der Waals surface area contributed by atoms with Crippen LogP contribution in [0.4, 0.5) is 0 Å². The van der Waals surface area contributed by atoms with E-state index in [4.69, 9.17) is 9.05 Å². The smallest absolute Gasteiger partial charge is 0.391 e. The summed E-state index contributed by atoms with van der Waals surface area (Å²) in [6.45, 7) is 4.63. The van der Waals surface area contributed by atoms with Crippen molar-refractivity contribution in [1.29, 1.82) is 0 Å². The van der Waals surface area contributed by atoms with E-state index in [1.807, 2.05) is 21.1 Å². The van der Waals surface area contributed by atoms with E-state index < -0.39 is 20.0 Å². The number of allylic oxidation sites excluding steroid dienone is 24. The summed E-state index contributed by atoms with van der Waals surface area (Å²) in [6, 6.07) is -0.791. The van der Waals surface area contributed by atoms with Crippen molar-refractivity contribution in [1.82, 2.24) is 5.32 Å². The SMILES string of the molecule is CC/C=C\C/C=C\C/C=C\C/C=C\C/C=C\C/C=C\C/C=C\C/C=C\C/C=C\C/C=C\C/C=C\C/C=C\CCCCC(=O)NC(COP(=O)(O)OCC[N+](C)(C)C)C(O)CCCCCCCC. The average molecular weight is 948 g/mol. The molecule has 0 rings (SSSR count). The minimum atomic E-state index is -4.33. The quantitative estimate of drug-likeness (QED) is 0.0243. The fourth-order valence-corrected chi connectivity index (χ4v) is 7.05. The van der Waals surface area contributed by atoms with Gasteiger partial charge in [-0.3, -0.25) is 13.8 Å². The molecule has 0 saturated heterocycles. The van der Waals surface area contributed by atoms with E-state index in [1.54, 1.807) is 0 Å². The van der Waals surface area contributed by atoms with Gasteiger partial charge < -0.3 is 19.8 Å². The Morgan fingerprint density at radius 1 is 0.522 bits per heavy atom. The zero-order chi connectivity index (χ0) is 49.2. The van der Waals surface area contributed by atoms with Crippen LogP contribution in [0.1, 0.15) is 162 Å². The molecule has 0 fully saturated rings. The highest BCUT2D eigenvalue weighted by atomic mass is 31.2. The van der Waals surface area contributed by atoms with Crippen LogP contribution in [0.2, 0.25) is 0 Å². The standard InChI is InChI=1S/C58H95N2O6P/c1-6-8-10-12-14-15-16-17-18-19-20-21-22-23-24-25-26-27-28-29-30-31-32-33-34-35-36-37-38-39-40-41-42-43-44-45-46-48-50-52-58(62)59-56(57(61)51-49-47-13-11-9-7-2)55-66-67(63,64)65-54-53-60(3,4)5/h8,10,14-15,17-18,20-21,23-24,26-27,29-30,32-33,35-36,38-39,41-42,44-45,56-57,61H,6-7,9,11-13,16,19,22,25,28,31,34,37,40,43,46-55H2,1-5H3,(H-,59,62,63,64)/p+1/b10-8-,15-14-,18-17-,21-20-,24-23-,27-26-,30-29-,33-32-,36-35-,39-38-,42-41-,45-44-. The predicted molar refractivity (Wildman–Crippen MR) is 290 cm³/mol. The molecule has 1 amide bonds. The van der Waals surface area contributed by atoms with Crippen LogP contribution in [0.3, 0.4) is 0 Å². The van der Waals surface area contributed by atoms with Gasteiger partial charge in [0.25, 0.3) is 0 Å². The third kappa shape index (κ3) is 50.1. The van der Waals surface area contributed by atoms with E-state index in [9.17, 15) is 19.4 Å². The van der Waals surface area contributed by atoms with Gasteiger partial charge >= 0.3 is 7.82 Å². The summed E-state index contributed by atoms with van der Waals surface area (Å²) in [7, 11) is 1.56. The Bertz CT molecular complexity index is 1590. The van der Waals surface area contributed by atoms with Gasteiger partial charge in [-0.05, 0) is 103 Å². The number of nitrogens with zero attached hydrogens (tertiary/aromatic N) is 1. The summed E-state index contributed by atoms with van der Waals surface area (Å²) in [5, 5.41) is 13.8. The topological polar surface area (TPSA) is 105 Å². The average Bonchev–Trinajstić information content (AvgIpc) is 3.29. The van der Waals surface area contributed by atoms with E-state index in [-0.39, 0.29) is 19.1 Å². The highest BCUT2D eigenvalue weighted by Gasteiger charge is 2.28. The fourth-order valence-electron chi connectivity index (χ4n) is 6.32. The van der Waals surface area contributed by atoms with Gasteiger partial charge in [-0.2, -0.15) is 0 Å². The lowest BCUT2D eigenvalue weighted by atomic mass is 10.0. The third-order valence-corrected chi connectivity index (χ3v) is 11.3. The van der Waals surface area contributed by atoms with Gasteiger partial charge in [-0.1, -0.05) is 198 Å². The largest absolute Gasteiger partial charge is 0.472 e. The molecule has 0 aromatic rings. The van der Waals surface area contributed by atoms with Crippen molar-refractivity contribution in [3.05, 3.63) is 146 Å². The third-order valence-electron chi connectivity index (χ3n) is 10.4. The molecule has 9 heteroatoms. The zero-order valence-electron chi connectivity index (χ0n) is 42.8. The van der Waals surface area contributed by atoms with Crippen molar-refractivity contribution < 1.29 is 32.9 Å². The van der Waals surface area contributed by atoms with Crippen molar-refractivity contribution in [3.8, 4) is 0 Å². The molecule has 0 saturated carbocycles. The van der Waals surface area contributed by atoms with Crippen molar-refractivity contribution >= 4 is 13.7 Å². The molecule has 0 aliphatic heterocycles. The first-order valence-corrected chi connectivity index (χ1v) is 27.2. The zero-order valence-corrected chi connectivity index (χ0v) is 43.7. The predicted octanol–water partition coefficient (Wildman–Crippen LogP) is 15.4. The maximum absolute atomic E-state index is 12.8. The summed E-state index contributed by atoms with van der Waals surface area (Å²) in [5.41, 5.74) is 0. The van der Waals surface area contributed by atoms with Crippen LogP contribution >= 0.6 is 7.82 Å². The second-order valence-electron chi connectivity index (χ2n) is 17.8. The number of likely N-dealkylation sites (N-methyl/N-ethyl adjacent to an activating group) is 1. The van der Waals surface area contributed by atoms with Crippen LogP contribution in [0.15, 0.2) is 146 Å². The van der Waals surface area contributed by atoms with E-state index in [1.165, 1.54) is 19.3 Å². The van der Waals surface area contributed by atoms with Crippen molar-refractivity contribution in [2.24, 2.45) is 0 Å². The summed E-state index contributed by atoms with van der Waals surface area (Å²) >= 11 is 0. The van der Waals surface area contributed by atoms with E-state index in [2.05, 4.69) is 165 Å². The summed E-state index contributed by atoms with van der Waals surface area (Å²) in [5.74, 6) is -0.200. The lowest BCUT2D eigenvalue weighted by Gasteiger charge is -2.26. The first-order valence-electron chi connectivity index (χ1n) is 25.7. The molecule has 378 valence electrons. The molecular weight excluding hydrogens is 852 g/mol. The molecule has 0 radical (unpaired) electrons. The first kappa shape index (κ1) is 63.4. The van der Waals surface area contributed by atoms with Crippen LogP contribution < -0.4 is 5.32 Å². The van der Waals surface area contributed by atoms with Gasteiger partial charge in [0, 0.05) is 6.42 Å². The Kier molecular flexibility index (Phi) is 44.9. The molecule has 0 aliphatic rings. The van der Waals surface area contributed by atoms with E-state index in [0.29, 0.717) is 30.3 Å². The number of hydrogen-bond donors (Lipinski definition) is 3. The second-order valence-corrected chi connectivity index (χ2v) is 19.3. The number of amides is 1. The summed E-state index contributed by atoms with van der Waals surface area (Å²) in [6.07, 6.45) is 73.7. The summed E-state index contributed by atoms with van der Waals surface area (Å²) < 4.78 is 23.5. The molecule has 3 unspecified atom stereocenters. The van der Waals surface area contributed by atoms with Crippen LogP contribution in [0, 0.1) is 0 Å². The minimum Gasteiger partial charge on any atom is -0.391 e. The Hall–Kier alpha value is -3.62. The lowest BCUT2D eigenvalue weighted by Crippen LogP contribution is -2.46. The molecule has 0 spiro atoms. The molecule has 0 aromatic heterocycles. The van der Waals surface area contributed by atoms with E-state index in [0.717, 1.165) is 109 Å². The minimum absolute atomic E-state index is 0.0570.